The Morgan fingerprint density at radius 1 is 0.844 bits per heavy atom. The van der Waals surface area contributed by atoms with E-state index in [1.54, 1.807) is 27.7 Å². The fraction of sp³-hybridized carbons (Fsp3) is 0.343. The van der Waals surface area contributed by atoms with Gasteiger partial charge < -0.3 is 25.6 Å². The number of carbonyl (C=O) groups is 3. The van der Waals surface area contributed by atoms with Gasteiger partial charge in [-0.05, 0) is 62.8 Å². The van der Waals surface area contributed by atoms with E-state index in [2.05, 4.69) is 20.8 Å². The SMILES string of the molecule is Cc1noc(Cc2ccc(CNC(=O)[C@H](CCC(N)C(=O)OC(C)(C)C)NC(=O)C(c3ccccc3)c3ccccc3)cc2)n1. The van der Waals surface area contributed by atoms with Crippen molar-refractivity contribution in [2.24, 2.45) is 5.73 Å². The van der Waals surface area contributed by atoms with Crippen molar-refractivity contribution in [3.8, 4) is 0 Å². The van der Waals surface area contributed by atoms with Crippen molar-refractivity contribution in [3.63, 3.8) is 0 Å². The van der Waals surface area contributed by atoms with Crippen LogP contribution in [-0.2, 0) is 32.1 Å². The molecule has 0 aliphatic carbocycles. The Labute approximate surface area is 263 Å². The highest BCUT2D eigenvalue weighted by molar-refractivity contribution is 5.92. The average molecular weight is 612 g/mol. The molecule has 0 fully saturated rings. The summed E-state index contributed by atoms with van der Waals surface area (Å²) >= 11 is 0. The molecule has 1 unspecified atom stereocenters. The van der Waals surface area contributed by atoms with Crippen LogP contribution in [0, 0.1) is 6.92 Å². The minimum Gasteiger partial charge on any atom is -0.459 e. The topological polar surface area (TPSA) is 149 Å². The highest BCUT2D eigenvalue weighted by atomic mass is 16.6. The molecule has 1 heterocycles. The Morgan fingerprint density at radius 3 is 1.96 bits per heavy atom. The van der Waals surface area contributed by atoms with Gasteiger partial charge in [0.25, 0.3) is 0 Å². The van der Waals surface area contributed by atoms with Gasteiger partial charge >= 0.3 is 5.97 Å². The number of rotatable bonds is 13. The van der Waals surface area contributed by atoms with Crippen LogP contribution in [0.3, 0.4) is 0 Å². The zero-order valence-electron chi connectivity index (χ0n) is 26.2. The Kier molecular flexibility index (Phi) is 11.2. The van der Waals surface area contributed by atoms with Gasteiger partial charge in [-0.2, -0.15) is 4.98 Å². The van der Waals surface area contributed by atoms with Crippen LogP contribution in [0.4, 0.5) is 0 Å². The molecule has 10 nitrogen and oxygen atoms in total. The number of ether oxygens (including phenoxy) is 1. The van der Waals surface area contributed by atoms with Gasteiger partial charge in [0.1, 0.15) is 17.7 Å². The minimum absolute atomic E-state index is 0.136. The molecule has 4 rings (SSSR count). The van der Waals surface area contributed by atoms with Crippen molar-refractivity contribution in [1.29, 1.82) is 0 Å². The number of esters is 1. The van der Waals surface area contributed by atoms with Crippen LogP contribution in [0.2, 0.25) is 0 Å². The van der Waals surface area contributed by atoms with Crippen molar-refractivity contribution in [2.75, 3.05) is 0 Å². The lowest BCUT2D eigenvalue weighted by Gasteiger charge is -2.25. The molecule has 236 valence electrons. The number of nitrogens with two attached hydrogens (primary N) is 1. The zero-order valence-corrected chi connectivity index (χ0v) is 26.2. The van der Waals surface area contributed by atoms with Crippen molar-refractivity contribution in [3.05, 3.63) is 119 Å². The molecule has 0 bridgehead atoms. The standard InChI is InChI=1S/C35H41N5O5/c1-23-38-30(45-40-23)21-24-15-17-25(18-16-24)22-37-32(41)29(20-19-28(36)34(43)44-35(2,3)4)39-33(42)31(26-11-7-5-8-12-26)27-13-9-6-10-14-27/h5-18,28-29,31H,19-22,36H2,1-4H3,(H,37,41)(H,39,42)/t28?,29-/m0/s1. The van der Waals surface area contributed by atoms with E-state index in [4.69, 9.17) is 15.0 Å². The number of hydrogen-bond donors (Lipinski definition) is 3. The van der Waals surface area contributed by atoms with Crippen molar-refractivity contribution in [1.82, 2.24) is 20.8 Å². The summed E-state index contributed by atoms with van der Waals surface area (Å²) in [5.74, 6) is -0.811. The normalized spacial score (nSPS) is 12.8. The Hall–Kier alpha value is -4.83. The molecule has 0 saturated heterocycles. The van der Waals surface area contributed by atoms with Crippen LogP contribution >= 0.6 is 0 Å². The molecule has 1 aromatic heterocycles. The highest BCUT2D eigenvalue weighted by Crippen LogP contribution is 2.25. The maximum absolute atomic E-state index is 13.9. The predicted octanol–water partition coefficient (Wildman–Crippen LogP) is 4.35. The zero-order chi connectivity index (χ0) is 32.4. The summed E-state index contributed by atoms with van der Waals surface area (Å²) in [7, 11) is 0. The number of nitrogens with zero attached hydrogens (tertiary/aromatic N) is 2. The summed E-state index contributed by atoms with van der Waals surface area (Å²) in [6.45, 7) is 7.30. The molecule has 2 atom stereocenters. The molecule has 10 heteroatoms. The first-order valence-electron chi connectivity index (χ1n) is 15.0. The summed E-state index contributed by atoms with van der Waals surface area (Å²) in [4.78, 5) is 44.2. The first kappa shape index (κ1) is 33.1. The van der Waals surface area contributed by atoms with Crippen molar-refractivity contribution >= 4 is 17.8 Å². The number of hydrogen-bond acceptors (Lipinski definition) is 8. The largest absolute Gasteiger partial charge is 0.459 e. The summed E-state index contributed by atoms with van der Waals surface area (Å²) in [6, 6.07) is 24.6. The van der Waals surface area contributed by atoms with Crippen LogP contribution < -0.4 is 16.4 Å². The van der Waals surface area contributed by atoms with Crippen molar-refractivity contribution < 1.29 is 23.6 Å². The number of benzene rings is 3. The van der Waals surface area contributed by atoms with Gasteiger partial charge in [-0.1, -0.05) is 90.1 Å². The Bertz CT molecular complexity index is 1510. The van der Waals surface area contributed by atoms with Gasteiger partial charge in [0.2, 0.25) is 17.7 Å². The lowest BCUT2D eigenvalue weighted by atomic mass is 9.90. The van der Waals surface area contributed by atoms with E-state index >= 15 is 0 Å². The molecule has 0 aliphatic heterocycles. The van der Waals surface area contributed by atoms with E-state index in [1.807, 2.05) is 84.9 Å². The number of aromatic nitrogens is 2. The van der Waals surface area contributed by atoms with E-state index in [-0.39, 0.29) is 31.2 Å². The average Bonchev–Trinajstić information content (AvgIpc) is 3.43. The van der Waals surface area contributed by atoms with E-state index < -0.39 is 29.6 Å². The molecular weight excluding hydrogens is 570 g/mol. The third kappa shape index (κ3) is 10.1. The minimum atomic E-state index is -0.953. The number of carbonyl (C=O) groups excluding carboxylic acids is 3. The summed E-state index contributed by atoms with van der Waals surface area (Å²) in [5, 5.41) is 9.70. The molecular formula is C35H41N5O5. The second-order valence-electron chi connectivity index (χ2n) is 12.0. The van der Waals surface area contributed by atoms with Crippen LogP contribution in [-0.4, -0.2) is 45.6 Å². The molecule has 0 saturated carbocycles. The molecule has 45 heavy (non-hydrogen) atoms. The molecule has 4 N–H and O–H groups in total. The molecule has 0 aliphatic rings. The lowest BCUT2D eigenvalue weighted by Crippen LogP contribution is -2.49. The van der Waals surface area contributed by atoms with Gasteiger partial charge in [-0.25, -0.2) is 0 Å². The lowest BCUT2D eigenvalue weighted by molar-refractivity contribution is -0.156. The van der Waals surface area contributed by atoms with Crippen LogP contribution in [0.15, 0.2) is 89.5 Å². The molecule has 3 aromatic carbocycles. The quantitative estimate of drug-likeness (QED) is 0.189. The maximum Gasteiger partial charge on any atom is 0.323 e. The third-order valence-corrected chi connectivity index (χ3v) is 7.05. The predicted molar refractivity (Wildman–Crippen MR) is 170 cm³/mol. The second-order valence-corrected chi connectivity index (χ2v) is 12.0. The molecule has 0 radical (unpaired) electrons. The van der Waals surface area contributed by atoms with Gasteiger partial charge in [0.15, 0.2) is 5.82 Å². The van der Waals surface area contributed by atoms with Gasteiger partial charge in [-0.3, -0.25) is 14.4 Å². The fourth-order valence-corrected chi connectivity index (χ4v) is 4.83. The van der Waals surface area contributed by atoms with E-state index in [9.17, 15) is 14.4 Å². The first-order valence-corrected chi connectivity index (χ1v) is 15.0. The number of aryl methyl sites for hydroxylation is 1. The summed E-state index contributed by atoms with van der Waals surface area (Å²) in [6.07, 6.45) is 0.777. The molecule has 4 aromatic rings. The fourth-order valence-electron chi connectivity index (χ4n) is 4.83. The van der Waals surface area contributed by atoms with Gasteiger partial charge in [0.05, 0.1) is 12.3 Å². The van der Waals surface area contributed by atoms with Gasteiger partial charge in [0, 0.05) is 6.54 Å². The maximum atomic E-state index is 13.9. The summed E-state index contributed by atoms with van der Waals surface area (Å²) in [5.41, 5.74) is 8.90. The number of nitrogens with one attached hydrogen (secondary N) is 2. The van der Waals surface area contributed by atoms with Crippen LogP contribution in [0.1, 0.15) is 73.5 Å². The summed E-state index contributed by atoms with van der Waals surface area (Å²) < 4.78 is 10.6. The smallest absolute Gasteiger partial charge is 0.323 e. The second kappa shape index (κ2) is 15.3. The first-order chi connectivity index (χ1) is 21.5. The monoisotopic (exact) mass is 611 g/mol. The highest BCUT2D eigenvalue weighted by Gasteiger charge is 2.30. The van der Waals surface area contributed by atoms with Crippen LogP contribution in [0.5, 0.6) is 0 Å². The van der Waals surface area contributed by atoms with E-state index in [1.165, 1.54) is 0 Å². The van der Waals surface area contributed by atoms with Gasteiger partial charge in [-0.15, -0.1) is 0 Å². The molecule has 0 spiro atoms. The van der Waals surface area contributed by atoms with E-state index in [0.29, 0.717) is 18.1 Å². The Morgan fingerprint density at radius 2 is 1.42 bits per heavy atom. The number of amides is 2. The van der Waals surface area contributed by atoms with Crippen LogP contribution in [0.25, 0.3) is 0 Å². The third-order valence-electron chi connectivity index (χ3n) is 7.05. The molecule has 2 amide bonds. The Balaban J connectivity index is 1.47. The van der Waals surface area contributed by atoms with E-state index in [0.717, 1.165) is 22.3 Å². The van der Waals surface area contributed by atoms with Crippen molar-refractivity contribution in [2.45, 2.75) is 77.1 Å².